The number of nitrogens with zero attached hydrogens (tertiary/aromatic N) is 3. The first-order chi connectivity index (χ1) is 14.9. The van der Waals surface area contributed by atoms with Gasteiger partial charge in [-0.05, 0) is 44.5 Å². The van der Waals surface area contributed by atoms with Gasteiger partial charge in [0.25, 0.3) is 0 Å². The first kappa shape index (κ1) is 22.3. The number of hydrogen-bond acceptors (Lipinski definition) is 5. The maximum absolute atomic E-state index is 11.7. The third-order valence-electron chi connectivity index (χ3n) is 4.93. The van der Waals surface area contributed by atoms with Crippen LogP contribution in [0.5, 0.6) is 0 Å². The van der Waals surface area contributed by atoms with Crippen molar-refractivity contribution >= 4 is 39.6 Å². The molecule has 2 aromatic carbocycles. The van der Waals surface area contributed by atoms with E-state index >= 15 is 0 Å². The van der Waals surface area contributed by atoms with Crippen LogP contribution in [0, 0.1) is 18.3 Å². The third-order valence-corrected chi connectivity index (χ3v) is 5.93. The number of nitriles is 1. The molecule has 0 aliphatic carbocycles. The molecule has 1 N–H and O–H groups in total. The molecule has 3 aromatic rings. The lowest BCUT2D eigenvalue weighted by Gasteiger charge is -2.20. The van der Waals surface area contributed by atoms with Gasteiger partial charge in [0, 0.05) is 31.3 Å². The van der Waals surface area contributed by atoms with E-state index in [0.717, 1.165) is 35.5 Å². The molecule has 1 amide bonds. The Bertz CT molecular complexity index is 1120. The molecular weight excluding hydrogens is 404 g/mol. The van der Waals surface area contributed by atoms with Crippen molar-refractivity contribution in [2.75, 3.05) is 23.3 Å². The maximum atomic E-state index is 11.7. The summed E-state index contributed by atoms with van der Waals surface area (Å²) in [6.07, 6.45) is 1.83. The molecule has 0 aliphatic heterocycles. The second-order valence-electron chi connectivity index (χ2n) is 7.18. The number of carbonyl (C=O) groups excluding carboxylic acids is 1. The average molecular weight is 431 g/mol. The number of rotatable bonds is 7. The minimum absolute atomic E-state index is 0.168. The molecule has 6 heteroatoms. The maximum Gasteiger partial charge on any atom is 0.221 e. The van der Waals surface area contributed by atoms with Gasteiger partial charge in [0.1, 0.15) is 21.8 Å². The van der Waals surface area contributed by atoms with E-state index in [9.17, 15) is 10.1 Å². The first-order valence-corrected chi connectivity index (χ1v) is 11.1. The fourth-order valence-corrected chi connectivity index (χ4v) is 4.27. The summed E-state index contributed by atoms with van der Waals surface area (Å²) in [5.41, 5.74) is 5.27. The molecule has 0 fully saturated rings. The Morgan fingerprint density at radius 1 is 1.13 bits per heavy atom. The molecule has 0 unspecified atom stereocenters. The molecule has 0 radical (unpaired) electrons. The Morgan fingerprint density at radius 2 is 1.77 bits per heavy atom. The number of carbonyl (C=O) groups is 1. The van der Waals surface area contributed by atoms with Crippen LogP contribution in [0.4, 0.5) is 10.7 Å². The van der Waals surface area contributed by atoms with Gasteiger partial charge < -0.3 is 10.2 Å². The van der Waals surface area contributed by atoms with Crippen LogP contribution in [0.1, 0.15) is 36.9 Å². The molecular formula is C25H26N4OS. The molecule has 31 heavy (non-hydrogen) atoms. The van der Waals surface area contributed by atoms with Crippen molar-refractivity contribution in [1.82, 2.24) is 4.98 Å². The molecule has 0 saturated heterocycles. The van der Waals surface area contributed by atoms with E-state index in [-0.39, 0.29) is 5.91 Å². The molecule has 158 valence electrons. The molecule has 0 aliphatic rings. The molecule has 0 saturated carbocycles. The zero-order chi connectivity index (χ0) is 22.4. The number of aromatic nitrogens is 1. The second kappa shape index (κ2) is 10.1. The van der Waals surface area contributed by atoms with E-state index < -0.39 is 0 Å². The number of aryl methyl sites for hydroxylation is 1. The summed E-state index contributed by atoms with van der Waals surface area (Å²) >= 11 is 1.31. The van der Waals surface area contributed by atoms with Crippen LogP contribution in [0.15, 0.2) is 48.5 Å². The van der Waals surface area contributed by atoms with Gasteiger partial charge in [-0.3, -0.25) is 4.79 Å². The second-order valence-corrected chi connectivity index (χ2v) is 8.18. The van der Waals surface area contributed by atoms with Crippen LogP contribution >= 0.6 is 11.3 Å². The molecule has 0 atom stereocenters. The molecule has 0 bridgehead atoms. The lowest BCUT2D eigenvalue weighted by molar-refractivity contribution is -0.114. The van der Waals surface area contributed by atoms with Crippen molar-refractivity contribution in [3.05, 3.63) is 64.7 Å². The highest BCUT2D eigenvalue weighted by Crippen LogP contribution is 2.36. The van der Waals surface area contributed by atoms with Gasteiger partial charge in [-0.25, -0.2) is 4.98 Å². The van der Waals surface area contributed by atoms with Crippen molar-refractivity contribution in [1.29, 1.82) is 5.26 Å². The van der Waals surface area contributed by atoms with Crippen LogP contribution in [-0.2, 0) is 4.79 Å². The van der Waals surface area contributed by atoms with Crippen molar-refractivity contribution in [2.45, 2.75) is 27.7 Å². The number of anilines is 2. The summed E-state index contributed by atoms with van der Waals surface area (Å²) in [5, 5.41) is 13.9. The Morgan fingerprint density at radius 3 is 2.32 bits per heavy atom. The summed E-state index contributed by atoms with van der Waals surface area (Å²) in [6.45, 7) is 9.64. The summed E-state index contributed by atoms with van der Waals surface area (Å²) in [4.78, 5) is 18.7. The fourth-order valence-electron chi connectivity index (χ4n) is 3.27. The normalized spacial score (nSPS) is 11.1. The van der Waals surface area contributed by atoms with Crippen LogP contribution < -0.4 is 10.2 Å². The number of thiazole rings is 1. The van der Waals surface area contributed by atoms with Gasteiger partial charge in [-0.15, -0.1) is 0 Å². The Kier molecular flexibility index (Phi) is 7.22. The smallest absolute Gasteiger partial charge is 0.221 e. The predicted octanol–water partition coefficient (Wildman–Crippen LogP) is 5.99. The quantitative estimate of drug-likeness (QED) is 0.468. The van der Waals surface area contributed by atoms with Gasteiger partial charge in [-0.1, -0.05) is 53.3 Å². The average Bonchev–Trinajstić information content (AvgIpc) is 3.17. The van der Waals surface area contributed by atoms with Crippen LogP contribution in [0.25, 0.3) is 22.9 Å². The van der Waals surface area contributed by atoms with Crippen molar-refractivity contribution in [2.24, 2.45) is 0 Å². The fraction of sp³-hybridized carbons (Fsp3) is 0.240. The molecule has 0 spiro atoms. The van der Waals surface area contributed by atoms with Crippen molar-refractivity contribution in [3.8, 4) is 17.3 Å². The number of benzene rings is 2. The topological polar surface area (TPSA) is 69.0 Å². The summed E-state index contributed by atoms with van der Waals surface area (Å²) < 4.78 is 0. The number of nitrogens with one attached hydrogen (secondary N) is 1. The molecule has 3 rings (SSSR count). The Hall–Kier alpha value is -3.43. The molecule has 1 heterocycles. The lowest BCUT2D eigenvalue weighted by Crippen LogP contribution is -2.21. The monoisotopic (exact) mass is 430 g/mol. The zero-order valence-corrected chi connectivity index (χ0v) is 19.1. The highest BCUT2D eigenvalue weighted by atomic mass is 32.1. The highest BCUT2D eigenvalue weighted by Gasteiger charge is 2.17. The van der Waals surface area contributed by atoms with Crippen LogP contribution in [-0.4, -0.2) is 24.0 Å². The predicted molar refractivity (Wildman–Crippen MR) is 130 cm³/mol. The lowest BCUT2D eigenvalue weighted by atomic mass is 10.1. The van der Waals surface area contributed by atoms with E-state index in [1.165, 1.54) is 18.3 Å². The van der Waals surface area contributed by atoms with Crippen LogP contribution in [0.3, 0.4) is 0 Å². The minimum Gasteiger partial charge on any atom is -0.372 e. The van der Waals surface area contributed by atoms with E-state index in [0.29, 0.717) is 21.3 Å². The Balaban J connectivity index is 1.98. The van der Waals surface area contributed by atoms with Gasteiger partial charge in [0.15, 0.2) is 0 Å². The van der Waals surface area contributed by atoms with Gasteiger partial charge in [0.05, 0.1) is 5.57 Å². The molecule has 1 aromatic heterocycles. The van der Waals surface area contributed by atoms with Crippen molar-refractivity contribution in [3.63, 3.8) is 0 Å². The summed E-state index contributed by atoms with van der Waals surface area (Å²) in [6, 6.07) is 18.4. The largest absolute Gasteiger partial charge is 0.372 e. The minimum atomic E-state index is -0.168. The standard InChI is InChI=1S/C25H26N4OS/c1-5-29(6-2)22-13-9-19(10-14-22)15-21(16-26)24-28-23(25(31-24)27-18(4)30)20-11-7-17(3)8-12-20/h7-15H,5-6H2,1-4H3,(H,27,30). The highest BCUT2D eigenvalue weighted by molar-refractivity contribution is 7.17. The SMILES string of the molecule is CCN(CC)c1ccc(C=C(C#N)c2nc(-c3ccc(C)cc3)c(NC(C)=O)s2)cc1. The van der Waals surface area contributed by atoms with Gasteiger partial charge in [0.2, 0.25) is 5.91 Å². The van der Waals surface area contributed by atoms with E-state index in [1.807, 2.05) is 49.4 Å². The number of amides is 1. The zero-order valence-electron chi connectivity index (χ0n) is 18.3. The third kappa shape index (κ3) is 5.39. The van der Waals surface area contributed by atoms with Crippen LogP contribution in [0.2, 0.25) is 0 Å². The van der Waals surface area contributed by atoms with E-state index in [4.69, 9.17) is 4.98 Å². The summed E-state index contributed by atoms with van der Waals surface area (Å²) in [7, 11) is 0. The van der Waals surface area contributed by atoms with Gasteiger partial charge >= 0.3 is 0 Å². The Labute approximate surface area is 187 Å². The van der Waals surface area contributed by atoms with E-state index in [2.05, 4.69) is 42.3 Å². The van der Waals surface area contributed by atoms with Crippen molar-refractivity contribution < 1.29 is 4.79 Å². The number of allylic oxidation sites excluding steroid dienone is 1. The summed E-state index contributed by atoms with van der Waals surface area (Å²) in [5.74, 6) is -0.168. The number of hydrogen-bond donors (Lipinski definition) is 1. The first-order valence-electron chi connectivity index (χ1n) is 10.3. The van der Waals surface area contributed by atoms with Gasteiger partial charge in [-0.2, -0.15) is 5.26 Å². The van der Waals surface area contributed by atoms with E-state index in [1.54, 1.807) is 0 Å². The molecule has 5 nitrogen and oxygen atoms in total.